The Kier molecular flexibility index (Phi) is 3.54. The summed E-state index contributed by atoms with van der Waals surface area (Å²) in [4.78, 5) is 4.23. The zero-order chi connectivity index (χ0) is 11.4. The molecule has 2 rings (SSSR count). The van der Waals surface area contributed by atoms with Gasteiger partial charge in [0.25, 0.3) is 0 Å². The summed E-state index contributed by atoms with van der Waals surface area (Å²) >= 11 is 0. The second kappa shape index (κ2) is 5.09. The number of nitrogens with zero attached hydrogens (tertiary/aromatic N) is 2. The van der Waals surface area contributed by atoms with E-state index in [1.54, 1.807) is 6.20 Å². The van der Waals surface area contributed by atoms with Crippen molar-refractivity contribution in [2.75, 3.05) is 13.2 Å². The maximum absolute atomic E-state index is 8.92. The average molecular weight is 219 g/mol. The van der Waals surface area contributed by atoms with Gasteiger partial charge in [-0.2, -0.15) is 0 Å². The number of nitrogens with one attached hydrogen (secondary N) is 1. The van der Waals surface area contributed by atoms with E-state index >= 15 is 0 Å². The molecule has 1 atom stereocenters. The van der Waals surface area contributed by atoms with E-state index < -0.39 is 0 Å². The topological polar surface area (TPSA) is 49.6 Å². The highest BCUT2D eigenvalue weighted by molar-refractivity contribution is 5.39. The average Bonchev–Trinajstić information content (AvgIpc) is 2.77. The minimum Gasteiger partial charge on any atom is -0.396 e. The fourth-order valence-electron chi connectivity index (χ4n) is 1.66. The molecule has 0 radical (unpaired) electrons. The van der Waals surface area contributed by atoms with E-state index in [0.29, 0.717) is 5.92 Å². The molecule has 0 bridgehead atoms. The monoisotopic (exact) mass is 219 g/mol. The molecule has 2 heterocycles. The first-order chi connectivity index (χ1) is 7.81. The smallest absolute Gasteiger partial charge is 0.136 e. The number of fused-ring (bicyclic) bond motifs is 1. The summed E-state index contributed by atoms with van der Waals surface area (Å²) < 4.78 is 2.07. The highest BCUT2D eigenvalue weighted by Crippen LogP contribution is 2.05. The van der Waals surface area contributed by atoms with E-state index in [-0.39, 0.29) is 6.61 Å². The molecule has 2 aromatic rings. The van der Waals surface area contributed by atoms with E-state index in [1.165, 1.54) is 5.69 Å². The molecular weight excluding hydrogens is 202 g/mol. The van der Waals surface area contributed by atoms with Gasteiger partial charge in [0, 0.05) is 37.8 Å². The van der Waals surface area contributed by atoms with Crippen LogP contribution in [0.3, 0.4) is 0 Å². The number of rotatable bonds is 5. The standard InChI is InChI=1S/C12H17N3O/c1-10(9-16)7-13-8-11-3-2-4-12-14-5-6-15(11)12/h2-6,10,13,16H,7-9H2,1H3. The van der Waals surface area contributed by atoms with Gasteiger partial charge in [-0.05, 0) is 18.1 Å². The van der Waals surface area contributed by atoms with Crippen LogP contribution in [0.4, 0.5) is 0 Å². The van der Waals surface area contributed by atoms with Crippen molar-refractivity contribution in [3.05, 3.63) is 36.3 Å². The second-order valence-electron chi connectivity index (χ2n) is 4.09. The van der Waals surface area contributed by atoms with Gasteiger partial charge < -0.3 is 14.8 Å². The van der Waals surface area contributed by atoms with Gasteiger partial charge in [-0.25, -0.2) is 4.98 Å². The molecule has 0 aliphatic carbocycles. The van der Waals surface area contributed by atoms with Crippen LogP contribution in [0.25, 0.3) is 5.65 Å². The molecule has 0 aliphatic rings. The lowest BCUT2D eigenvalue weighted by molar-refractivity contribution is 0.233. The van der Waals surface area contributed by atoms with Gasteiger partial charge in [0.1, 0.15) is 5.65 Å². The molecule has 0 saturated heterocycles. The number of pyridine rings is 1. The molecule has 0 amide bonds. The summed E-state index contributed by atoms with van der Waals surface area (Å²) in [6.45, 7) is 3.85. The molecule has 86 valence electrons. The highest BCUT2D eigenvalue weighted by atomic mass is 16.3. The molecule has 2 N–H and O–H groups in total. The molecule has 4 nitrogen and oxygen atoms in total. The third kappa shape index (κ3) is 2.40. The fraction of sp³-hybridized carbons (Fsp3) is 0.417. The largest absolute Gasteiger partial charge is 0.396 e. The van der Waals surface area contributed by atoms with E-state index in [0.717, 1.165) is 18.7 Å². The summed E-state index contributed by atoms with van der Waals surface area (Å²) in [5, 5.41) is 12.2. The third-order valence-corrected chi connectivity index (χ3v) is 2.62. The molecule has 4 heteroatoms. The van der Waals surface area contributed by atoms with Crippen LogP contribution in [0.2, 0.25) is 0 Å². The number of aliphatic hydroxyl groups excluding tert-OH is 1. The lowest BCUT2D eigenvalue weighted by Crippen LogP contribution is -2.23. The van der Waals surface area contributed by atoms with Crippen LogP contribution in [0.15, 0.2) is 30.6 Å². The van der Waals surface area contributed by atoms with Crippen molar-refractivity contribution in [3.63, 3.8) is 0 Å². The van der Waals surface area contributed by atoms with Gasteiger partial charge in [-0.15, -0.1) is 0 Å². The maximum Gasteiger partial charge on any atom is 0.136 e. The quantitative estimate of drug-likeness (QED) is 0.790. The highest BCUT2D eigenvalue weighted by Gasteiger charge is 2.02. The Bertz CT molecular complexity index is 452. The number of imidazole rings is 1. The summed E-state index contributed by atoms with van der Waals surface area (Å²) in [6, 6.07) is 6.07. The lowest BCUT2D eigenvalue weighted by Gasteiger charge is -2.10. The zero-order valence-electron chi connectivity index (χ0n) is 9.43. The van der Waals surface area contributed by atoms with Gasteiger partial charge >= 0.3 is 0 Å². The number of aromatic nitrogens is 2. The SMILES string of the molecule is CC(CO)CNCc1cccc2nccn12. The van der Waals surface area contributed by atoms with Gasteiger partial charge in [-0.1, -0.05) is 13.0 Å². The minimum absolute atomic E-state index is 0.224. The normalized spacial score (nSPS) is 13.1. The predicted octanol–water partition coefficient (Wildman–Crippen LogP) is 1.05. The van der Waals surface area contributed by atoms with Gasteiger partial charge in [0.05, 0.1) is 0 Å². The van der Waals surface area contributed by atoms with Crippen LogP contribution in [-0.2, 0) is 6.54 Å². The van der Waals surface area contributed by atoms with Crippen LogP contribution >= 0.6 is 0 Å². The van der Waals surface area contributed by atoms with Crippen molar-refractivity contribution in [3.8, 4) is 0 Å². The maximum atomic E-state index is 8.92. The van der Waals surface area contributed by atoms with Crippen molar-refractivity contribution in [2.45, 2.75) is 13.5 Å². The Labute approximate surface area is 94.9 Å². The molecule has 1 unspecified atom stereocenters. The summed E-state index contributed by atoms with van der Waals surface area (Å²) in [5.74, 6) is 0.294. The van der Waals surface area contributed by atoms with E-state index in [2.05, 4.69) is 20.8 Å². The van der Waals surface area contributed by atoms with Crippen LogP contribution in [0, 0.1) is 5.92 Å². The Hall–Kier alpha value is -1.39. The lowest BCUT2D eigenvalue weighted by atomic mass is 10.2. The molecule has 2 aromatic heterocycles. The molecule has 0 spiro atoms. The van der Waals surface area contributed by atoms with Crippen molar-refractivity contribution >= 4 is 5.65 Å². The fourth-order valence-corrected chi connectivity index (χ4v) is 1.66. The third-order valence-electron chi connectivity index (χ3n) is 2.62. The van der Waals surface area contributed by atoms with Crippen LogP contribution in [-0.4, -0.2) is 27.6 Å². The minimum atomic E-state index is 0.224. The molecule has 0 fully saturated rings. The van der Waals surface area contributed by atoms with Crippen molar-refractivity contribution in [1.29, 1.82) is 0 Å². The molecule has 0 saturated carbocycles. The van der Waals surface area contributed by atoms with Crippen LogP contribution in [0.1, 0.15) is 12.6 Å². The Morgan fingerprint density at radius 2 is 2.38 bits per heavy atom. The summed E-state index contributed by atoms with van der Waals surface area (Å²) in [6.07, 6.45) is 3.76. The first-order valence-corrected chi connectivity index (χ1v) is 5.54. The zero-order valence-corrected chi connectivity index (χ0v) is 9.43. The first kappa shape index (κ1) is 11.1. The predicted molar refractivity (Wildman–Crippen MR) is 63.1 cm³/mol. The Morgan fingerprint density at radius 1 is 1.50 bits per heavy atom. The van der Waals surface area contributed by atoms with E-state index in [4.69, 9.17) is 5.11 Å². The summed E-state index contributed by atoms with van der Waals surface area (Å²) in [5.41, 5.74) is 2.15. The molecule has 0 aliphatic heterocycles. The molecule has 0 aromatic carbocycles. The number of hydrogen-bond acceptors (Lipinski definition) is 3. The second-order valence-corrected chi connectivity index (χ2v) is 4.09. The number of hydrogen-bond donors (Lipinski definition) is 2. The Balaban J connectivity index is 2.01. The first-order valence-electron chi connectivity index (χ1n) is 5.54. The summed E-state index contributed by atoms with van der Waals surface area (Å²) in [7, 11) is 0. The van der Waals surface area contributed by atoms with Crippen molar-refractivity contribution in [2.24, 2.45) is 5.92 Å². The van der Waals surface area contributed by atoms with Gasteiger partial charge in [0.2, 0.25) is 0 Å². The van der Waals surface area contributed by atoms with Gasteiger partial charge in [-0.3, -0.25) is 0 Å². The Morgan fingerprint density at radius 3 is 3.19 bits per heavy atom. The van der Waals surface area contributed by atoms with Gasteiger partial charge in [0.15, 0.2) is 0 Å². The van der Waals surface area contributed by atoms with Crippen molar-refractivity contribution < 1.29 is 5.11 Å². The molecular formula is C12H17N3O. The number of aliphatic hydroxyl groups is 1. The van der Waals surface area contributed by atoms with Crippen LogP contribution in [0.5, 0.6) is 0 Å². The van der Waals surface area contributed by atoms with Crippen molar-refractivity contribution in [1.82, 2.24) is 14.7 Å². The van der Waals surface area contributed by atoms with E-state index in [9.17, 15) is 0 Å². The van der Waals surface area contributed by atoms with Crippen LogP contribution < -0.4 is 5.32 Å². The molecule has 16 heavy (non-hydrogen) atoms. The van der Waals surface area contributed by atoms with E-state index in [1.807, 2.05) is 25.3 Å².